The molecule has 5 nitrogen and oxygen atoms in total. The summed E-state index contributed by atoms with van der Waals surface area (Å²) in [5, 5.41) is 3.69. The van der Waals surface area contributed by atoms with Crippen molar-refractivity contribution in [3.05, 3.63) is 71.0 Å². The van der Waals surface area contributed by atoms with Crippen molar-refractivity contribution >= 4 is 11.8 Å². The summed E-state index contributed by atoms with van der Waals surface area (Å²) < 4.78 is 13.8. The van der Waals surface area contributed by atoms with E-state index in [0.29, 0.717) is 30.3 Å². The molecule has 1 fully saturated rings. The fraction of sp³-hybridized carbons (Fsp3) is 0.500. The van der Waals surface area contributed by atoms with Crippen LogP contribution in [0.3, 0.4) is 0 Å². The van der Waals surface area contributed by atoms with Crippen molar-refractivity contribution in [2.75, 3.05) is 26.2 Å². The lowest BCUT2D eigenvalue weighted by molar-refractivity contribution is 0.0651. The van der Waals surface area contributed by atoms with E-state index in [0.717, 1.165) is 57.3 Å². The van der Waals surface area contributed by atoms with Gasteiger partial charge in [0.25, 0.3) is 11.8 Å². The van der Waals surface area contributed by atoms with E-state index in [1.54, 1.807) is 30.3 Å². The number of benzene rings is 2. The number of halogens is 1. The molecule has 2 aliphatic rings. The largest absolute Gasteiger partial charge is 0.314 e. The van der Waals surface area contributed by atoms with Crippen LogP contribution < -0.4 is 5.32 Å². The van der Waals surface area contributed by atoms with Gasteiger partial charge in [0.2, 0.25) is 0 Å². The first-order valence-corrected chi connectivity index (χ1v) is 12.8. The zero-order valence-electron chi connectivity index (χ0n) is 20.0. The van der Waals surface area contributed by atoms with E-state index in [1.165, 1.54) is 30.2 Å². The highest BCUT2D eigenvalue weighted by Crippen LogP contribution is 2.23. The summed E-state index contributed by atoms with van der Waals surface area (Å²) >= 11 is 0. The molecule has 0 saturated carbocycles. The zero-order chi connectivity index (χ0) is 23.8. The number of amides is 2. The number of piperidine rings is 1. The molecule has 34 heavy (non-hydrogen) atoms. The Morgan fingerprint density at radius 3 is 2.06 bits per heavy atom. The van der Waals surface area contributed by atoms with Crippen molar-refractivity contribution in [3.63, 3.8) is 0 Å². The fourth-order valence-corrected chi connectivity index (χ4v) is 5.01. The number of fused-ring (bicyclic) bond motifs is 1. The topological polar surface area (TPSA) is 52.7 Å². The Kier molecular flexibility index (Phi) is 8.83. The van der Waals surface area contributed by atoms with Crippen molar-refractivity contribution in [3.8, 4) is 0 Å². The summed E-state index contributed by atoms with van der Waals surface area (Å²) in [7, 11) is 0. The predicted molar refractivity (Wildman–Crippen MR) is 132 cm³/mol. The Labute approximate surface area is 202 Å². The van der Waals surface area contributed by atoms with E-state index < -0.39 is 0 Å². The average molecular weight is 466 g/mol. The van der Waals surface area contributed by atoms with E-state index >= 15 is 0 Å². The first-order chi connectivity index (χ1) is 16.6. The van der Waals surface area contributed by atoms with Crippen LogP contribution in [-0.2, 0) is 6.54 Å². The Hall–Kier alpha value is -2.57. The maximum Gasteiger partial charge on any atom is 0.261 e. The van der Waals surface area contributed by atoms with Crippen LogP contribution in [0.25, 0.3) is 0 Å². The molecule has 1 N–H and O–H groups in total. The van der Waals surface area contributed by atoms with Gasteiger partial charge >= 0.3 is 0 Å². The number of likely N-dealkylation sites (tertiary alicyclic amines) is 1. The van der Waals surface area contributed by atoms with Gasteiger partial charge in [-0.25, -0.2) is 4.39 Å². The number of unbranched alkanes of at least 4 members (excludes halogenated alkanes) is 5. The molecule has 0 aliphatic carbocycles. The Morgan fingerprint density at radius 2 is 1.38 bits per heavy atom. The van der Waals surface area contributed by atoms with Gasteiger partial charge in [-0.05, 0) is 63.5 Å². The van der Waals surface area contributed by atoms with Crippen LogP contribution in [0, 0.1) is 5.82 Å². The Morgan fingerprint density at radius 1 is 0.794 bits per heavy atom. The van der Waals surface area contributed by atoms with Crippen LogP contribution in [0.4, 0.5) is 4.39 Å². The average Bonchev–Trinajstić information content (AvgIpc) is 3.10. The lowest BCUT2D eigenvalue weighted by Gasteiger charge is -2.32. The summed E-state index contributed by atoms with van der Waals surface area (Å²) in [5.41, 5.74) is 1.86. The minimum atomic E-state index is -0.148. The number of hydrogen-bond acceptors (Lipinski definition) is 4. The molecule has 0 bridgehead atoms. The minimum absolute atomic E-state index is 0.105. The number of nitrogens with one attached hydrogen (secondary N) is 1. The molecule has 2 heterocycles. The van der Waals surface area contributed by atoms with Crippen LogP contribution in [-0.4, -0.2) is 53.8 Å². The van der Waals surface area contributed by atoms with Crippen LogP contribution >= 0.6 is 0 Å². The normalized spacial score (nSPS) is 16.9. The molecule has 2 amide bonds. The highest BCUT2D eigenvalue weighted by atomic mass is 19.1. The van der Waals surface area contributed by atoms with Crippen molar-refractivity contribution < 1.29 is 14.0 Å². The number of hydrogen-bond donors (Lipinski definition) is 1. The van der Waals surface area contributed by atoms with Gasteiger partial charge in [0.05, 0.1) is 11.1 Å². The third-order valence-corrected chi connectivity index (χ3v) is 7.06. The predicted octanol–water partition coefficient (Wildman–Crippen LogP) is 5.02. The number of carbonyl (C=O) groups is 2. The molecule has 182 valence electrons. The van der Waals surface area contributed by atoms with Gasteiger partial charge in [-0.3, -0.25) is 19.4 Å². The molecule has 1 saturated heterocycles. The highest BCUT2D eigenvalue weighted by molar-refractivity contribution is 6.21. The van der Waals surface area contributed by atoms with E-state index in [9.17, 15) is 14.0 Å². The van der Waals surface area contributed by atoms with Crippen molar-refractivity contribution in [2.24, 2.45) is 0 Å². The molecular formula is C28H36FN3O2. The van der Waals surface area contributed by atoms with Gasteiger partial charge in [-0.15, -0.1) is 0 Å². The van der Waals surface area contributed by atoms with Crippen molar-refractivity contribution in [1.82, 2.24) is 15.1 Å². The van der Waals surface area contributed by atoms with Gasteiger partial charge in [0.15, 0.2) is 0 Å². The van der Waals surface area contributed by atoms with Crippen LogP contribution in [0.2, 0.25) is 0 Å². The van der Waals surface area contributed by atoms with E-state index in [-0.39, 0.29) is 17.6 Å². The first-order valence-electron chi connectivity index (χ1n) is 12.8. The molecule has 2 aromatic rings. The molecule has 0 radical (unpaired) electrons. The molecule has 0 aromatic heterocycles. The maximum absolute atomic E-state index is 13.8. The SMILES string of the molecule is O=C1c2ccccc2C(=O)N1CCCCCCCCNC1CCN(Cc2ccccc2F)CC1. The second-order valence-electron chi connectivity index (χ2n) is 9.52. The lowest BCUT2D eigenvalue weighted by atomic mass is 10.0. The summed E-state index contributed by atoms with van der Waals surface area (Å²) in [6, 6.07) is 14.7. The van der Waals surface area contributed by atoms with Crippen LogP contribution in [0.1, 0.15) is 77.6 Å². The van der Waals surface area contributed by atoms with Crippen molar-refractivity contribution in [1.29, 1.82) is 0 Å². The molecule has 0 unspecified atom stereocenters. The molecular weight excluding hydrogens is 429 g/mol. The molecule has 2 aliphatic heterocycles. The van der Waals surface area contributed by atoms with Gasteiger partial charge in [-0.2, -0.15) is 0 Å². The second kappa shape index (κ2) is 12.2. The number of imide groups is 1. The molecule has 0 atom stereocenters. The zero-order valence-corrected chi connectivity index (χ0v) is 20.0. The van der Waals surface area contributed by atoms with Gasteiger partial charge in [0.1, 0.15) is 5.82 Å². The van der Waals surface area contributed by atoms with E-state index in [2.05, 4.69) is 10.2 Å². The molecule has 0 spiro atoms. The van der Waals surface area contributed by atoms with Crippen molar-refractivity contribution in [2.45, 2.75) is 64.0 Å². The monoisotopic (exact) mass is 465 g/mol. The summed E-state index contributed by atoms with van der Waals surface area (Å²) in [6.07, 6.45) is 8.84. The molecule has 2 aromatic carbocycles. The second-order valence-corrected chi connectivity index (χ2v) is 9.52. The van der Waals surface area contributed by atoms with Crippen LogP contribution in [0.15, 0.2) is 48.5 Å². The number of nitrogens with zero attached hydrogens (tertiary/aromatic N) is 2. The third kappa shape index (κ3) is 6.30. The third-order valence-electron chi connectivity index (χ3n) is 7.06. The summed E-state index contributed by atoms with van der Waals surface area (Å²) in [4.78, 5) is 28.5. The van der Waals surface area contributed by atoms with E-state index in [1.807, 2.05) is 12.1 Å². The molecule has 6 heteroatoms. The minimum Gasteiger partial charge on any atom is -0.314 e. The fourth-order valence-electron chi connectivity index (χ4n) is 5.01. The Balaban J connectivity index is 1.00. The molecule has 4 rings (SSSR count). The number of rotatable bonds is 12. The lowest BCUT2D eigenvalue weighted by Crippen LogP contribution is -2.42. The van der Waals surface area contributed by atoms with Gasteiger partial charge < -0.3 is 5.32 Å². The highest BCUT2D eigenvalue weighted by Gasteiger charge is 2.34. The number of carbonyl (C=O) groups excluding carboxylic acids is 2. The van der Waals surface area contributed by atoms with Crippen LogP contribution in [0.5, 0.6) is 0 Å². The van der Waals surface area contributed by atoms with Gasteiger partial charge in [-0.1, -0.05) is 56.0 Å². The van der Waals surface area contributed by atoms with Gasteiger partial charge in [0, 0.05) is 24.7 Å². The van der Waals surface area contributed by atoms with E-state index in [4.69, 9.17) is 0 Å². The summed E-state index contributed by atoms with van der Waals surface area (Å²) in [5.74, 6) is -0.402. The quantitative estimate of drug-likeness (QED) is 0.353. The maximum atomic E-state index is 13.8. The summed E-state index contributed by atoms with van der Waals surface area (Å²) in [6.45, 7) is 4.29. The Bertz CT molecular complexity index is 937. The standard InChI is InChI=1S/C28H36FN3O2/c29-26-14-8-5-11-22(26)21-31-19-15-23(16-20-31)30-17-9-3-1-2-4-10-18-32-27(33)24-12-6-7-13-25(24)28(32)34/h5-8,11-14,23,30H,1-4,9-10,15-21H2. The first kappa shape index (κ1) is 24.6. The smallest absolute Gasteiger partial charge is 0.261 e.